The van der Waals surface area contributed by atoms with Gasteiger partial charge in [0, 0.05) is 29.5 Å². The Hall–Kier alpha value is -3.63. The van der Waals surface area contributed by atoms with E-state index < -0.39 is 5.60 Å². The van der Waals surface area contributed by atoms with Crippen molar-refractivity contribution >= 4 is 34.8 Å². The second kappa shape index (κ2) is 10.5. The van der Waals surface area contributed by atoms with Crippen molar-refractivity contribution in [1.29, 1.82) is 0 Å². The Morgan fingerprint density at radius 2 is 1.65 bits per heavy atom. The zero-order chi connectivity index (χ0) is 22.5. The Kier molecular flexibility index (Phi) is 7.29. The van der Waals surface area contributed by atoms with E-state index in [0.29, 0.717) is 31.9 Å². The van der Waals surface area contributed by atoms with Gasteiger partial charge in [0.15, 0.2) is 0 Å². The number of benzene rings is 3. The zero-order valence-electron chi connectivity index (χ0n) is 18.4. The van der Waals surface area contributed by atoms with Gasteiger partial charge in [-0.05, 0) is 54.6 Å². The summed E-state index contributed by atoms with van der Waals surface area (Å²) >= 11 is 0. The van der Waals surface area contributed by atoms with Gasteiger partial charge >= 0.3 is 0 Å². The number of rotatable bonds is 4. The third-order valence-electron chi connectivity index (χ3n) is 5.49. The van der Waals surface area contributed by atoms with Gasteiger partial charge in [-0.1, -0.05) is 30.0 Å². The van der Waals surface area contributed by atoms with E-state index >= 15 is 0 Å². The Labute approximate surface area is 204 Å². The quantitative estimate of drug-likeness (QED) is 0.382. The lowest BCUT2D eigenvalue weighted by Gasteiger charge is -2.26. The van der Waals surface area contributed by atoms with Crippen LogP contribution in [0, 0.1) is 11.8 Å². The molecule has 0 amide bonds. The van der Waals surface area contributed by atoms with Crippen LogP contribution in [-0.2, 0) is 4.74 Å². The van der Waals surface area contributed by atoms with E-state index in [2.05, 4.69) is 27.1 Å². The molecule has 0 aliphatic carbocycles. The van der Waals surface area contributed by atoms with Crippen LogP contribution in [0.25, 0.3) is 10.9 Å². The van der Waals surface area contributed by atoms with Crippen molar-refractivity contribution in [1.82, 2.24) is 9.97 Å². The first-order valence-electron chi connectivity index (χ1n) is 10.9. The zero-order valence-corrected chi connectivity index (χ0v) is 19.2. The molecule has 4 aromatic rings. The van der Waals surface area contributed by atoms with Crippen molar-refractivity contribution in [3.63, 3.8) is 0 Å². The van der Waals surface area contributed by atoms with Gasteiger partial charge < -0.3 is 19.9 Å². The molecular weight excluding hydrogens is 450 g/mol. The number of hydrogen-bond donors (Lipinski definition) is 2. The summed E-state index contributed by atoms with van der Waals surface area (Å²) in [5, 5.41) is 14.8. The first-order chi connectivity index (χ1) is 16.2. The van der Waals surface area contributed by atoms with Gasteiger partial charge in [-0.25, -0.2) is 9.97 Å². The summed E-state index contributed by atoms with van der Waals surface area (Å²) in [5.41, 5.74) is 1.49. The van der Waals surface area contributed by atoms with E-state index in [9.17, 15) is 5.11 Å². The predicted molar refractivity (Wildman–Crippen MR) is 135 cm³/mol. The molecule has 0 spiro atoms. The summed E-state index contributed by atoms with van der Waals surface area (Å²) in [6.07, 6.45) is 2.58. The summed E-state index contributed by atoms with van der Waals surface area (Å²) < 4.78 is 11.2. The van der Waals surface area contributed by atoms with Crippen molar-refractivity contribution < 1.29 is 14.6 Å². The minimum atomic E-state index is -0.995. The molecule has 6 nitrogen and oxygen atoms in total. The molecule has 0 radical (unpaired) electrons. The van der Waals surface area contributed by atoms with Gasteiger partial charge in [0.25, 0.3) is 0 Å². The first kappa shape index (κ1) is 23.5. The average molecular weight is 474 g/mol. The SMILES string of the molecule is Cl.OC1(C#Cc2ccc3ncnc(Nc4ccc(Oc5ccccc5)cc4)c3c2)CCOCC1. The molecule has 7 heteroatoms. The number of nitrogens with one attached hydrogen (secondary N) is 1. The molecule has 0 bridgehead atoms. The van der Waals surface area contributed by atoms with E-state index in [1.165, 1.54) is 6.33 Å². The van der Waals surface area contributed by atoms with Crippen LogP contribution in [0.3, 0.4) is 0 Å². The monoisotopic (exact) mass is 473 g/mol. The highest BCUT2D eigenvalue weighted by Crippen LogP contribution is 2.27. The van der Waals surface area contributed by atoms with Crippen LogP contribution in [0.1, 0.15) is 18.4 Å². The normalized spacial score (nSPS) is 14.4. The first-order valence-corrected chi connectivity index (χ1v) is 10.9. The number of halogens is 1. The van der Waals surface area contributed by atoms with Gasteiger partial charge in [-0.15, -0.1) is 12.4 Å². The van der Waals surface area contributed by atoms with Gasteiger partial charge in [0.05, 0.1) is 18.7 Å². The molecule has 1 aliphatic heterocycles. The summed E-state index contributed by atoms with van der Waals surface area (Å²) in [7, 11) is 0. The van der Waals surface area contributed by atoms with E-state index in [0.717, 1.165) is 33.7 Å². The van der Waals surface area contributed by atoms with Crippen molar-refractivity contribution in [2.75, 3.05) is 18.5 Å². The summed E-state index contributed by atoms with van der Waals surface area (Å²) in [5.74, 6) is 8.37. The number of aliphatic hydroxyl groups is 1. The molecule has 2 heterocycles. The topological polar surface area (TPSA) is 76.5 Å². The minimum Gasteiger partial charge on any atom is -0.457 e. The Morgan fingerprint density at radius 1 is 0.912 bits per heavy atom. The number of anilines is 2. The number of aromatic nitrogens is 2. The van der Waals surface area contributed by atoms with Crippen LogP contribution in [-0.4, -0.2) is 33.9 Å². The molecule has 5 rings (SSSR count). The fourth-order valence-corrected chi connectivity index (χ4v) is 3.62. The largest absolute Gasteiger partial charge is 0.457 e. The number of ether oxygens (including phenoxy) is 2. The molecule has 0 atom stereocenters. The second-order valence-electron chi connectivity index (χ2n) is 7.91. The molecule has 1 aromatic heterocycles. The standard InChI is InChI=1S/C27H23N3O3.ClH/c31-27(14-16-32-17-15-27)13-12-20-6-11-25-24(18-20)26(29-19-28-25)30-21-7-9-23(10-8-21)33-22-4-2-1-3-5-22;/h1-11,18-19,31H,14-17H2,(H,28,29,30);1H. The van der Waals surface area contributed by atoms with Crippen LogP contribution < -0.4 is 10.1 Å². The lowest BCUT2D eigenvalue weighted by molar-refractivity contribution is -0.0261. The highest BCUT2D eigenvalue weighted by atomic mass is 35.5. The molecule has 0 saturated carbocycles. The van der Waals surface area contributed by atoms with E-state index in [4.69, 9.17) is 9.47 Å². The maximum Gasteiger partial charge on any atom is 0.141 e. The molecular formula is C27H24ClN3O3. The summed E-state index contributed by atoms with van der Waals surface area (Å²) in [6.45, 7) is 1.06. The highest BCUT2D eigenvalue weighted by Gasteiger charge is 2.27. The van der Waals surface area contributed by atoms with Crippen molar-refractivity contribution in [3.05, 3.63) is 84.7 Å². The number of nitrogens with zero attached hydrogens (tertiary/aromatic N) is 2. The molecule has 0 unspecified atom stereocenters. The average Bonchev–Trinajstić information content (AvgIpc) is 2.85. The summed E-state index contributed by atoms with van der Waals surface area (Å²) in [4.78, 5) is 8.79. The van der Waals surface area contributed by atoms with Gasteiger partial charge in [0.1, 0.15) is 29.2 Å². The molecule has 2 N–H and O–H groups in total. The Bertz CT molecular complexity index is 1310. The van der Waals surface area contributed by atoms with E-state index in [1.807, 2.05) is 72.8 Å². The molecule has 1 saturated heterocycles. The second-order valence-corrected chi connectivity index (χ2v) is 7.91. The van der Waals surface area contributed by atoms with E-state index in [-0.39, 0.29) is 12.4 Å². The van der Waals surface area contributed by atoms with Crippen LogP contribution in [0.5, 0.6) is 11.5 Å². The number of para-hydroxylation sites is 1. The molecule has 172 valence electrons. The smallest absolute Gasteiger partial charge is 0.141 e. The number of hydrogen-bond acceptors (Lipinski definition) is 6. The fourth-order valence-electron chi connectivity index (χ4n) is 3.62. The van der Waals surface area contributed by atoms with Crippen LogP contribution in [0.4, 0.5) is 11.5 Å². The third-order valence-corrected chi connectivity index (χ3v) is 5.49. The fraction of sp³-hybridized carbons (Fsp3) is 0.185. The predicted octanol–water partition coefficient (Wildman–Crippen LogP) is 5.48. The molecule has 3 aromatic carbocycles. The van der Waals surface area contributed by atoms with Crippen molar-refractivity contribution in [2.24, 2.45) is 0 Å². The molecule has 1 aliphatic rings. The maximum absolute atomic E-state index is 10.6. The van der Waals surface area contributed by atoms with Gasteiger partial charge in [0.2, 0.25) is 0 Å². The number of fused-ring (bicyclic) bond motifs is 1. The van der Waals surface area contributed by atoms with Gasteiger partial charge in [-0.2, -0.15) is 0 Å². The Morgan fingerprint density at radius 3 is 2.41 bits per heavy atom. The maximum atomic E-state index is 10.6. The highest BCUT2D eigenvalue weighted by molar-refractivity contribution is 5.91. The lowest BCUT2D eigenvalue weighted by Crippen LogP contribution is -2.34. The van der Waals surface area contributed by atoms with Gasteiger partial charge in [-0.3, -0.25) is 0 Å². The van der Waals surface area contributed by atoms with E-state index in [1.54, 1.807) is 0 Å². The van der Waals surface area contributed by atoms with Crippen LogP contribution in [0.15, 0.2) is 79.1 Å². The van der Waals surface area contributed by atoms with Crippen LogP contribution in [0.2, 0.25) is 0 Å². The van der Waals surface area contributed by atoms with Crippen LogP contribution >= 0.6 is 12.4 Å². The molecule has 34 heavy (non-hydrogen) atoms. The Balaban J connectivity index is 0.00000274. The summed E-state index contributed by atoms with van der Waals surface area (Å²) in [6, 6.07) is 23.1. The van der Waals surface area contributed by atoms with Crippen molar-refractivity contribution in [3.8, 4) is 23.3 Å². The third kappa shape index (κ3) is 5.64. The van der Waals surface area contributed by atoms with Crippen molar-refractivity contribution in [2.45, 2.75) is 18.4 Å². The minimum absolute atomic E-state index is 0. The lowest BCUT2D eigenvalue weighted by atomic mass is 9.95. The molecule has 1 fully saturated rings.